The molecule has 0 saturated carbocycles. The van der Waals surface area contributed by atoms with E-state index in [9.17, 15) is 4.79 Å². The number of halogens is 1. The number of nitrogens with zero attached hydrogens (tertiary/aromatic N) is 2. The fourth-order valence-electron chi connectivity index (χ4n) is 2.89. The van der Waals surface area contributed by atoms with Crippen LogP contribution in [0.2, 0.25) is 5.02 Å². The minimum atomic E-state index is -0.159. The van der Waals surface area contributed by atoms with Crippen molar-refractivity contribution in [1.82, 2.24) is 9.78 Å². The number of carbonyl (C=O) groups is 1. The highest BCUT2D eigenvalue weighted by Gasteiger charge is 2.19. The number of aryl methyl sites for hydroxylation is 1. The summed E-state index contributed by atoms with van der Waals surface area (Å²) in [6, 6.07) is 7.11. The molecule has 2 aromatic rings. The lowest BCUT2D eigenvalue weighted by atomic mass is 10.0. The molecule has 124 valence electrons. The van der Waals surface area contributed by atoms with Crippen LogP contribution in [0.3, 0.4) is 0 Å². The van der Waals surface area contributed by atoms with Crippen molar-refractivity contribution in [3.8, 4) is 0 Å². The topological polar surface area (TPSA) is 34.9 Å². The first-order chi connectivity index (χ1) is 11.1. The van der Waals surface area contributed by atoms with E-state index in [1.807, 2.05) is 26.0 Å². The quantitative estimate of drug-likeness (QED) is 0.640. The van der Waals surface area contributed by atoms with Gasteiger partial charge in [0.25, 0.3) is 5.91 Å². The van der Waals surface area contributed by atoms with Crippen molar-refractivity contribution in [3.05, 3.63) is 51.8 Å². The van der Waals surface area contributed by atoms with E-state index in [0.717, 1.165) is 24.2 Å². The number of carbonyl (C=O) groups excluding carboxylic acids is 1. The molecule has 0 amide bonds. The number of unbranched alkanes of at least 4 members (excludes halogenated alkanes) is 4. The molecular weight excluding hydrogens is 308 g/mol. The molecule has 3 nitrogen and oxygen atoms in total. The van der Waals surface area contributed by atoms with Crippen LogP contribution in [0.15, 0.2) is 24.3 Å². The summed E-state index contributed by atoms with van der Waals surface area (Å²) in [6.07, 6.45) is 7.19. The zero-order chi connectivity index (χ0) is 16.8. The molecule has 0 aliphatic rings. The summed E-state index contributed by atoms with van der Waals surface area (Å²) < 4.78 is 1.50. The van der Waals surface area contributed by atoms with Gasteiger partial charge in [0.2, 0.25) is 0 Å². The summed E-state index contributed by atoms with van der Waals surface area (Å²) >= 11 is 6.14. The first-order valence-electron chi connectivity index (χ1n) is 8.40. The number of hydrogen-bond acceptors (Lipinski definition) is 2. The highest BCUT2D eigenvalue weighted by Crippen LogP contribution is 2.21. The fourth-order valence-corrected chi connectivity index (χ4v) is 3.11. The number of rotatable bonds is 7. The number of aromatic nitrogens is 2. The second kappa shape index (κ2) is 8.30. The van der Waals surface area contributed by atoms with E-state index in [2.05, 4.69) is 12.0 Å². The molecule has 2 rings (SSSR count). The van der Waals surface area contributed by atoms with Gasteiger partial charge in [-0.2, -0.15) is 5.10 Å². The minimum absolute atomic E-state index is 0.159. The molecule has 0 aliphatic carbocycles. The maximum atomic E-state index is 12.7. The predicted molar refractivity (Wildman–Crippen MR) is 95.3 cm³/mol. The second-order valence-corrected chi connectivity index (χ2v) is 6.42. The van der Waals surface area contributed by atoms with Crippen LogP contribution in [0, 0.1) is 13.8 Å². The third-order valence-corrected chi connectivity index (χ3v) is 4.60. The number of hydrogen-bond donors (Lipinski definition) is 0. The van der Waals surface area contributed by atoms with Gasteiger partial charge in [0.1, 0.15) is 0 Å². The Labute approximate surface area is 143 Å². The third-order valence-electron chi connectivity index (χ3n) is 4.27. The minimum Gasteiger partial charge on any atom is -0.267 e. The Morgan fingerprint density at radius 3 is 2.52 bits per heavy atom. The van der Waals surface area contributed by atoms with Gasteiger partial charge in [-0.25, -0.2) is 4.68 Å². The standard InChI is InChI=1S/C19H25ClN2O/c1-4-5-6-7-8-11-16-14(2)21-22(15(16)3)19(23)17-12-9-10-13-18(17)20/h9-10,12-13H,4-8,11H2,1-3H3. The molecule has 0 radical (unpaired) electrons. The maximum Gasteiger partial charge on any atom is 0.279 e. The van der Waals surface area contributed by atoms with Crippen molar-refractivity contribution in [2.24, 2.45) is 0 Å². The largest absolute Gasteiger partial charge is 0.279 e. The molecule has 4 heteroatoms. The van der Waals surface area contributed by atoms with Crippen molar-refractivity contribution in [3.63, 3.8) is 0 Å². The fraction of sp³-hybridized carbons (Fsp3) is 0.474. The summed E-state index contributed by atoms with van der Waals surface area (Å²) in [5.41, 5.74) is 3.57. The molecule has 1 heterocycles. The van der Waals surface area contributed by atoms with E-state index in [1.54, 1.807) is 12.1 Å². The van der Waals surface area contributed by atoms with E-state index in [-0.39, 0.29) is 5.91 Å². The monoisotopic (exact) mass is 332 g/mol. The molecule has 0 unspecified atom stereocenters. The van der Waals surface area contributed by atoms with Gasteiger partial charge in [-0.05, 0) is 44.4 Å². The zero-order valence-electron chi connectivity index (χ0n) is 14.2. The van der Waals surface area contributed by atoms with Crippen molar-refractivity contribution in [1.29, 1.82) is 0 Å². The normalized spacial score (nSPS) is 11.0. The Morgan fingerprint density at radius 2 is 1.83 bits per heavy atom. The van der Waals surface area contributed by atoms with Crippen LogP contribution in [-0.2, 0) is 6.42 Å². The van der Waals surface area contributed by atoms with E-state index in [4.69, 9.17) is 11.6 Å². The third kappa shape index (κ3) is 4.23. The van der Waals surface area contributed by atoms with Crippen LogP contribution in [0.1, 0.15) is 66.3 Å². The lowest BCUT2D eigenvalue weighted by Gasteiger charge is -2.06. The van der Waals surface area contributed by atoms with Gasteiger partial charge in [0.05, 0.1) is 16.3 Å². The Bertz CT molecular complexity index is 676. The molecule has 0 saturated heterocycles. The Hall–Kier alpha value is -1.61. The first-order valence-corrected chi connectivity index (χ1v) is 8.78. The van der Waals surface area contributed by atoms with E-state index >= 15 is 0 Å². The van der Waals surface area contributed by atoms with Gasteiger partial charge in [0, 0.05) is 5.69 Å². The average Bonchev–Trinajstić information content (AvgIpc) is 2.82. The van der Waals surface area contributed by atoms with E-state index < -0.39 is 0 Å². The lowest BCUT2D eigenvalue weighted by Crippen LogP contribution is -2.16. The highest BCUT2D eigenvalue weighted by atomic mass is 35.5. The first kappa shape index (κ1) is 17.7. The van der Waals surface area contributed by atoms with Crippen LogP contribution < -0.4 is 0 Å². The molecule has 0 fully saturated rings. The molecule has 0 bridgehead atoms. The zero-order valence-corrected chi connectivity index (χ0v) is 15.0. The van der Waals surface area contributed by atoms with Gasteiger partial charge < -0.3 is 0 Å². The Balaban J connectivity index is 2.14. The lowest BCUT2D eigenvalue weighted by molar-refractivity contribution is 0.0942. The molecule has 0 N–H and O–H groups in total. The van der Waals surface area contributed by atoms with Crippen LogP contribution in [-0.4, -0.2) is 15.7 Å². The molecule has 1 aromatic heterocycles. The van der Waals surface area contributed by atoms with Crippen LogP contribution in [0.5, 0.6) is 0 Å². The Morgan fingerprint density at radius 1 is 1.13 bits per heavy atom. The van der Waals surface area contributed by atoms with Crippen molar-refractivity contribution in [2.75, 3.05) is 0 Å². The molecule has 0 spiro atoms. The van der Waals surface area contributed by atoms with Gasteiger partial charge in [-0.15, -0.1) is 0 Å². The van der Waals surface area contributed by atoms with Crippen LogP contribution in [0.4, 0.5) is 0 Å². The molecular formula is C19H25ClN2O. The van der Waals surface area contributed by atoms with Gasteiger partial charge in [-0.1, -0.05) is 56.3 Å². The van der Waals surface area contributed by atoms with Crippen LogP contribution in [0.25, 0.3) is 0 Å². The summed E-state index contributed by atoms with van der Waals surface area (Å²) in [4.78, 5) is 12.7. The summed E-state index contributed by atoms with van der Waals surface area (Å²) in [5.74, 6) is -0.159. The SMILES string of the molecule is CCCCCCCc1c(C)nn(C(=O)c2ccccc2Cl)c1C. The predicted octanol–water partition coefficient (Wildman–Crippen LogP) is 5.35. The molecule has 23 heavy (non-hydrogen) atoms. The van der Waals surface area contributed by atoms with E-state index in [0.29, 0.717) is 10.6 Å². The number of benzene rings is 1. The molecule has 0 atom stereocenters. The second-order valence-electron chi connectivity index (χ2n) is 6.01. The summed E-state index contributed by atoms with van der Waals surface area (Å²) in [6.45, 7) is 6.17. The van der Waals surface area contributed by atoms with Gasteiger partial charge in [0.15, 0.2) is 0 Å². The van der Waals surface area contributed by atoms with Crippen molar-refractivity contribution < 1.29 is 4.79 Å². The van der Waals surface area contributed by atoms with Crippen molar-refractivity contribution in [2.45, 2.75) is 59.3 Å². The van der Waals surface area contributed by atoms with Gasteiger partial charge in [-0.3, -0.25) is 4.79 Å². The van der Waals surface area contributed by atoms with Gasteiger partial charge >= 0.3 is 0 Å². The molecule has 1 aromatic carbocycles. The summed E-state index contributed by atoms with van der Waals surface area (Å²) in [7, 11) is 0. The Kier molecular flexibility index (Phi) is 6.40. The maximum absolute atomic E-state index is 12.7. The molecule has 0 aliphatic heterocycles. The van der Waals surface area contributed by atoms with E-state index in [1.165, 1.54) is 35.9 Å². The highest BCUT2D eigenvalue weighted by molar-refractivity contribution is 6.33. The summed E-state index contributed by atoms with van der Waals surface area (Å²) in [5, 5.41) is 4.92. The average molecular weight is 333 g/mol. The smallest absolute Gasteiger partial charge is 0.267 e. The van der Waals surface area contributed by atoms with Crippen molar-refractivity contribution >= 4 is 17.5 Å². The van der Waals surface area contributed by atoms with Crippen LogP contribution >= 0.6 is 11.6 Å².